The molecule has 3 aromatic carbocycles. The average Bonchev–Trinajstić information content (AvgIpc) is 2.70. The van der Waals surface area contributed by atoms with Crippen LogP contribution in [0.5, 0.6) is 0 Å². The standard InChI is InChI=1S/C23H16Cl3NO2/c24-14-6-5-7-15(12-14)27-22(28)18(16-8-1-3-10-20(16)25)13-19(23(27)29)17-9-2-4-11-21(17)26/h1-12,18-19H,13H2. The molecular weight excluding hydrogens is 429 g/mol. The number of nitrogens with zero attached hydrogens (tertiary/aromatic N) is 1. The van der Waals surface area contributed by atoms with E-state index in [9.17, 15) is 9.59 Å². The van der Waals surface area contributed by atoms with Crippen molar-refractivity contribution in [2.24, 2.45) is 0 Å². The van der Waals surface area contributed by atoms with E-state index in [2.05, 4.69) is 0 Å². The maximum absolute atomic E-state index is 13.4. The monoisotopic (exact) mass is 443 g/mol. The predicted molar refractivity (Wildman–Crippen MR) is 117 cm³/mol. The molecule has 0 radical (unpaired) electrons. The maximum Gasteiger partial charge on any atom is 0.241 e. The van der Waals surface area contributed by atoms with Gasteiger partial charge in [0, 0.05) is 15.1 Å². The lowest BCUT2D eigenvalue weighted by Gasteiger charge is -2.36. The number of piperidine rings is 1. The van der Waals surface area contributed by atoms with Crippen LogP contribution < -0.4 is 4.90 Å². The molecule has 29 heavy (non-hydrogen) atoms. The van der Waals surface area contributed by atoms with E-state index in [1.807, 2.05) is 36.4 Å². The molecule has 2 atom stereocenters. The van der Waals surface area contributed by atoms with Gasteiger partial charge in [-0.3, -0.25) is 9.59 Å². The van der Waals surface area contributed by atoms with Gasteiger partial charge in [-0.1, -0.05) is 77.3 Å². The van der Waals surface area contributed by atoms with Gasteiger partial charge < -0.3 is 0 Å². The second kappa shape index (κ2) is 8.19. The number of rotatable bonds is 3. The first-order chi connectivity index (χ1) is 14.0. The van der Waals surface area contributed by atoms with Gasteiger partial charge in [-0.15, -0.1) is 0 Å². The fourth-order valence-corrected chi connectivity index (χ4v) is 4.48. The quantitative estimate of drug-likeness (QED) is 0.434. The zero-order chi connectivity index (χ0) is 20.5. The SMILES string of the molecule is O=C1C(c2ccccc2Cl)CC(c2ccccc2Cl)C(=O)N1c1cccc(Cl)c1. The van der Waals surface area contributed by atoms with Crippen LogP contribution in [-0.2, 0) is 9.59 Å². The number of amides is 2. The Labute approximate surface area is 183 Å². The molecule has 2 amide bonds. The molecular formula is C23H16Cl3NO2. The van der Waals surface area contributed by atoms with Crippen LogP contribution in [0.25, 0.3) is 0 Å². The van der Waals surface area contributed by atoms with Gasteiger partial charge in [0.05, 0.1) is 17.5 Å². The first kappa shape index (κ1) is 20.0. The summed E-state index contributed by atoms with van der Waals surface area (Å²) in [5.74, 6) is -1.81. The normalized spacial score (nSPS) is 19.5. The van der Waals surface area contributed by atoms with E-state index in [0.717, 1.165) is 0 Å². The number of carbonyl (C=O) groups is 2. The second-order valence-corrected chi connectivity index (χ2v) is 8.13. The van der Waals surface area contributed by atoms with Gasteiger partial charge in [-0.25, -0.2) is 4.90 Å². The molecule has 0 saturated carbocycles. The Morgan fingerprint density at radius 3 is 1.69 bits per heavy atom. The Balaban J connectivity index is 1.86. The topological polar surface area (TPSA) is 37.4 Å². The van der Waals surface area contributed by atoms with E-state index in [4.69, 9.17) is 34.8 Å². The highest BCUT2D eigenvalue weighted by atomic mass is 35.5. The fraction of sp³-hybridized carbons (Fsp3) is 0.130. The summed E-state index contributed by atoms with van der Waals surface area (Å²) in [5.41, 5.74) is 1.81. The molecule has 1 aliphatic heterocycles. The largest absolute Gasteiger partial charge is 0.273 e. The average molecular weight is 445 g/mol. The van der Waals surface area contributed by atoms with Crippen LogP contribution in [0.1, 0.15) is 29.4 Å². The van der Waals surface area contributed by atoms with Crippen LogP contribution in [0.2, 0.25) is 15.1 Å². The summed E-state index contributed by atoms with van der Waals surface area (Å²) in [5, 5.41) is 1.42. The molecule has 3 aromatic rings. The van der Waals surface area contributed by atoms with E-state index in [1.165, 1.54) is 4.90 Å². The van der Waals surface area contributed by atoms with E-state index in [1.54, 1.807) is 36.4 Å². The lowest BCUT2D eigenvalue weighted by Crippen LogP contribution is -2.48. The van der Waals surface area contributed by atoms with Crippen molar-refractivity contribution in [1.82, 2.24) is 0 Å². The molecule has 1 aliphatic rings. The lowest BCUT2D eigenvalue weighted by molar-refractivity contribution is -0.131. The van der Waals surface area contributed by atoms with Gasteiger partial charge in [0.15, 0.2) is 0 Å². The summed E-state index contributed by atoms with van der Waals surface area (Å²) in [4.78, 5) is 28.1. The van der Waals surface area contributed by atoms with Crippen molar-refractivity contribution in [2.75, 3.05) is 4.90 Å². The molecule has 0 bridgehead atoms. The third kappa shape index (κ3) is 3.78. The molecule has 1 saturated heterocycles. The van der Waals surface area contributed by atoms with Crippen molar-refractivity contribution in [2.45, 2.75) is 18.3 Å². The van der Waals surface area contributed by atoms with Gasteiger partial charge in [0.25, 0.3) is 0 Å². The predicted octanol–water partition coefficient (Wildman–Crippen LogP) is 6.48. The van der Waals surface area contributed by atoms with Gasteiger partial charge in [0.1, 0.15) is 0 Å². The minimum atomic E-state index is -0.582. The number of hydrogen-bond acceptors (Lipinski definition) is 2. The van der Waals surface area contributed by atoms with Crippen molar-refractivity contribution in [1.29, 1.82) is 0 Å². The van der Waals surface area contributed by atoms with Crippen LogP contribution >= 0.6 is 34.8 Å². The maximum atomic E-state index is 13.4. The summed E-state index contributed by atoms with van der Waals surface area (Å²) in [6.45, 7) is 0. The lowest BCUT2D eigenvalue weighted by atomic mass is 9.79. The van der Waals surface area contributed by atoms with E-state index in [0.29, 0.717) is 38.3 Å². The molecule has 0 aliphatic carbocycles. The smallest absolute Gasteiger partial charge is 0.241 e. The minimum absolute atomic E-state index is 0.294. The third-order valence-corrected chi connectivity index (χ3v) is 6.06. The molecule has 4 rings (SSSR count). The Hall–Kier alpha value is -2.33. The van der Waals surface area contributed by atoms with Crippen LogP contribution in [0.3, 0.4) is 0 Å². The summed E-state index contributed by atoms with van der Waals surface area (Å²) < 4.78 is 0. The van der Waals surface area contributed by atoms with Crippen molar-refractivity contribution >= 4 is 52.3 Å². The highest BCUT2D eigenvalue weighted by Gasteiger charge is 2.44. The zero-order valence-electron chi connectivity index (χ0n) is 15.2. The number of halogens is 3. The molecule has 0 spiro atoms. The first-order valence-electron chi connectivity index (χ1n) is 9.09. The number of imide groups is 1. The van der Waals surface area contributed by atoms with Crippen LogP contribution in [-0.4, -0.2) is 11.8 Å². The van der Waals surface area contributed by atoms with Crippen molar-refractivity contribution in [3.63, 3.8) is 0 Å². The summed E-state index contributed by atoms with van der Waals surface area (Å²) in [6, 6.07) is 21.1. The molecule has 0 aromatic heterocycles. The summed E-state index contributed by atoms with van der Waals surface area (Å²) in [7, 11) is 0. The minimum Gasteiger partial charge on any atom is -0.273 e. The Morgan fingerprint density at radius 1 is 0.690 bits per heavy atom. The van der Waals surface area contributed by atoms with Crippen molar-refractivity contribution in [3.8, 4) is 0 Å². The van der Waals surface area contributed by atoms with E-state index >= 15 is 0 Å². The van der Waals surface area contributed by atoms with Gasteiger partial charge in [-0.2, -0.15) is 0 Å². The van der Waals surface area contributed by atoms with E-state index in [-0.39, 0.29) is 11.8 Å². The Bertz CT molecular complexity index is 1040. The van der Waals surface area contributed by atoms with Crippen LogP contribution in [0.15, 0.2) is 72.8 Å². The number of benzene rings is 3. The Morgan fingerprint density at radius 2 is 1.21 bits per heavy atom. The number of carbonyl (C=O) groups excluding carboxylic acids is 2. The molecule has 1 fully saturated rings. The van der Waals surface area contributed by atoms with Crippen molar-refractivity contribution < 1.29 is 9.59 Å². The molecule has 3 nitrogen and oxygen atoms in total. The van der Waals surface area contributed by atoms with Crippen LogP contribution in [0, 0.1) is 0 Å². The molecule has 2 unspecified atom stereocenters. The summed E-state index contributed by atoms with van der Waals surface area (Å²) in [6.07, 6.45) is 0.294. The highest BCUT2D eigenvalue weighted by molar-refractivity contribution is 6.33. The second-order valence-electron chi connectivity index (χ2n) is 6.88. The summed E-state index contributed by atoms with van der Waals surface area (Å²) >= 11 is 18.9. The van der Waals surface area contributed by atoms with Gasteiger partial charge in [0.2, 0.25) is 11.8 Å². The molecule has 1 heterocycles. The number of hydrogen-bond donors (Lipinski definition) is 0. The van der Waals surface area contributed by atoms with Crippen molar-refractivity contribution in [3.05, 3.63) is 99.0 Å². The third-order valence-electron chi connectivity index (χ3n) is 5.14. The molecule has 146 valence electrons. The zero-order valence-corrected chi connectivity index (χ0v) is 17.5. The molecule has 6 heteroatoms. The Kier molecular flexibility index (Phi) is 5.64. The van der Waals surface area contributed by atoms with E-state index < -0.39 is 11.8 Å². The highest BCUT2D eigenvalue weighted by Crippen LogP contribution is 2.43. The van der Waals surface area contributed by atoms with Crippen LogP contribution in [0.4, 0.5) is 5.69 Å². The van der Waals surface area contributed by atoms with Gasteiger partial charge >= 0.3 is 0 Å². The van der Waals surface area contributed by atoms with Gasteiger partial charge in [-0.05, 0) is 47.9 Å². The number of anilines is 1. The first-order valence-corrected chi connectivity index (χ1v) is 10.2. The molecule has 0 N–H and O–H groups in total. The fourth-order valence-electron chi connectivity index (χ4n) is 3.76.